The fourth-order valence-corrected chi connectivity index (χ4v) is 4.75. The quantitative estimate of drug-likeness (QED) is 0.637. The molecule has 0 saturated carbocycles. The van der Waals surface area contributed by atoms with Crippen LogP contribution in [0.2, 0.25) is 0 Å². The molecule has 2 aromatic carbocycles. The van der Waals surface area contributed by atoms with Crippen molar-refractivity contribution in [3.05, 3.63) is 77.2 Å². The summed E-state index contributed by atoms with van der Waals surface area (Å²) in [7, 11) is 5.48. The van der Waals surface area contributed by atoms with Gasteiger partial charge in [0.2, 0.25) is 0 Å². The van der Waals surface area contributed by atoms with Crippen LogP contribution in [0.3, 0.4) is 0 Å². The number of hydrogen-bond acceptors (Lipinski definition) is 6. The summed E-state index contributed by atoms with van der Waals surface area (Å²) >= 11 is 0. The first-order valence-corrected chi connectivity index (χ1v) is 11.1. The van der Waals surface area contributed by atoms with E-state index in [1.54, 1.807) is 26.4 Å². The summed E-state index contributed by atoms with van der Waals surface area (Å²) in [6.07, 6.45) is 2.49. The summed E-state index contributed by atoms with van der Waals surface area (Å²) < 4.78 is 16.4. The smallest absolute Gasteiger partial charge is 0.291 e. The molecule has 1 fully saturated rings. The first-order chi connectivity index (χ1) is 16.1. The van der Waals surface area contributed by atoms with Crippen molar-refractivity contribution in [1.82, 2.24) is 4.90 Å². The highest BCUT2D eigenvalue weighted by molar-refractivity contribution is 6.15. The topological polar surface area (TPSA) is 76.3 Å². The number of likely N-dealkylation sites (tertiary alicyclic amines) is 1. The van der Waals surface area contributed by atoms with Gasteiger partial charge >= 0.3 is 0 Å². The lowest BCUT2D eigenvalue weighted by atomic mass is 9.79. The third-order valence-electron chi connectivity index (χ3n) is 6.45. The van der Waals surface area contributed by atoms with E-state index in [2.05, 4.69) is 23.3 Å². The number of nitrogens with zero attached hydrogens (tertiary/aromatic N) is 2. The molecular formula is C26H27N3O4. The van der Waals surface area contributed by atoms with E-state index in [0.717, 1.165) is 42.1 Å². The van der Waals surface area contributed by atoms with Gasteiger partial charge in [0, 0.05) is 29.3 Å². The number of aliphatic imine (C=N–C) groups is 1. The van der Waals surface area contributed by atoms with Crippen molar-refractivity contribution in [2.45, 2.75) is 18.4 Å². The summed E-state index contributed by atoms with van der Waals surface area (Å²) in [5.74, 6) is 1.74. The van der Waals surface area contributed by atoms with Gasteiger partial charge in [-0.3, -0.25) is 9.79 Å². The zero-order valence-corrected chi connectivity index (χ0v) is 19.0. The zero-order chi connectivity index (χ0) is 22.9. The molecule has 1 amide bonds. The summed E-state index contributed by atoms with van der Waals surface area (Å²) in [4.78, 5) is 19.8. The molecule has 7 heteroatoms. The molecule has 3 aromatic rings. The average molecular weight is 446 g/mol. The second-order valence-electron chi connectivity index (χ2n) is 8.51. The monoisotopic (exact) mass is 445 g/mol. The lowest BCUT2D eigenvalue weighted by Crippen LogP contribution is -2.41. The van der Waals surface area contributed by atoms with Crippen molar-refractivity contribution in [1.29, 1.82) is 0 Å². The number of carbonyl (C=O) groups is 1. The predicted molar refractivity (Wildman–Crippen MR) is 127 cm³/mol. The number of ether oxygens (including phenoxy) is 2. The molecule has 1 saturated heterocycles. The lowest BCUT2D eigenvalue weighted by molar-refractivity contribution is 0.0996. The molecule has 2 atom stereocenters. The van der Waals surface area contributed by atoms with E-state index in [4.69, 9.17) is 18.9 Å². The Morgan fingerprint density at radius 2 is 1.88 bits per heavy atom. The highest BCUT2D eigenvalue weighted by Gasteiger charge is 2.36. The van der Waals surface area contributed by atoms with Crippen LogP contribution in [0.15, 0.2) is 64.2 Å². The molecule has 0 spiro atoms. The number of piperidine rings is 1. The first kappa shape index (κ1) is 21.3. The summed E-state index contributed by atoms with van der Waals surface area (Å²) in [5.41, 5.74) is 4.94. The van der Waals surface area contributed by atoms with E-state index in [9.17, 15) is 4.79 Å². The van der Waals surface area contributed by atoms with Gasteiger partial charge < -0.3 is 24.1 Å². The standard InChI is InChI=1S/C26H27N3O4/c1-29-11-10-21-20(15-29)18-13-23(31-2)24(32-3)14-19(18)25(28-21)16-6-8-17(9-7-16)27-26(30)22-5-4-12-33-22/h4-9,12-14,20-21H,10-11,15H2,1-3H3,(H,27,30). The normalized spacial score (nSPS) is 19.8. The number of likely N-dealkylation sites (N-methyl/N-ethyl adjacent to an activating group) is 1. The third-order valence-corrected chi connectivity index (χ3v) is 6.45. The fourth-order valence-electron chi connectivity index (χ4n) is 4.75. The molecule has 2 aliphatic rings. The zero-order valence-electron chi connectivity index (χ0n) is 19.0. The van der Waals surface area contributed by atoms with Crippen LogP contribution in [0.25, 0.3) is 0 Å². The van der Waals surface area contributed by atoms with Gasteiger partial charge in [-0.2, -0.15) is 0 Å². The van der Waals surface area contributed by atoms with Crippen LogP contribution in [-0.2, 0) is 0 Å². The number of anilines is 1. The molecular weight excluding hydrogens is 418 g/mol. The highest BCUT2D eigenvalue weighted by Crippen LogP contribution is 2.42. The van der Waals surface area contributed by atoms with Crippen LogP contribution in [0.5, 0.6) is 11.5 Å². The van der Waals surface area contributed by atoms with Gasteiger partial charge in [0.15, 0.2) is 17.3 Å². The van der Waals surface area contributed by atoms with Crippen LogP contribution in [-0.4, -0.2) is 56.9 Å². The number of hydrogen-bond donors (Lipinski definition) is 1. The molecule has 0 radical (unpaired) electrons. The van der Waals surface area contributed by atoms with E-state index < -0.39 is 0 Å². The summed E-state index contributed by atoms with van der Waals surface area (Å²) in [5, 5.41) is 2.86. The maximum atomic E-state index is 12.3. The van der Waals surface area contributed by atoms with E-state index in [1.807, 2.05) is 30.3 Å². The molecule has 0 bridgehead atoms. The average Bonchev–Trinajstić information content (AvgIpc) is 3.38. The molecule has 1 N–H and O–H groups in total. The van der Waals surface area contributed by atoms with E-state index in [0.29, 0.717) is 17.4 Å². The van der Waals surface area contributed by atoms with Gasteiger partial charge in [-0.25, -0.2) is 0 Å². The molecule has 1 aromatic heterocycles. The number of benzene rings is 2. The molecule has 5 rings (SSSR count). The minimum Gasteiger partial charge on any atom is -0.493 e. The number of rotatable bonds is 5. The Morgan fingerprint density at radius 3 is 2.58 bits per heavy atom. The third kappa shape index (κ3) is 4.00. The van der Waals surface area contributed by atoms with E-state index in [-0.39, 0.29) is 17.7 Å². The summed E-state index contributed by atoms with van der Waals surface area (Å²) in [6.45, 7) is 1.99. The van der Waals surface area contributed by atoms with Gasteiger partial charge in [-0.15, -0.1) is 0 Å². The number of nitrogens with one attached hydrogen (secondary N) is 1. The largest absolute Gasteiger partial charge is 0.493 e. The Morgan fingerprint density at radius 1 is 1.12 bits per heavy atom. The predicted octanol–water partition coefficient (Wildman–Crippen LogP) is 4.19. The first-order valence-electron chi connectivity index (χ1n) is 11.1. The van der Waals surface area contributed by atoms with E-state index >= 15 is 0 Å². The SMILES string of the molecule is COc1cc2c(cc1OC)C1CN(C)CCC1N=C2c1ccc(NC(=O)c2ccco2)cc1. The molecule has 0 aliphatic carbocycles. The van der Waals surface area contributed by atoms with Crippen LogP contribution in [0.1, 0.15) is 39.6 Å². The van der Waals surface area contributed by atoms with Crippen molar-refractivity contribution < 1.29 is 18.7 Å². The second kappa shape index (κ2) is 8.75. The van der Waals surface area contributed by atoms with Crippen LogP contribution < -0.4 is 14.8 Å². The molecule has 33 heavy (non-hydrogen) atoms. The number of amides is 1. The van der Waals surface area contributed by atoms with Gasteiger partial charge in [0.1, 0.15) is 0 Å². The minimum absolute atomic E-state index is 0.222. The molecule has 2 unspecified atom stereocenters. The van der Waals surface area contributed by atoms with Crippen LogP contribution in [0.4, 0.5) is 5.69 Å². The van der Waals surface area contributed by atoms with E-state index in [1.165, 1.54) is 11.8 Å². The number of carbonyl (C=O) groups excluding carboxylic acids is 1. The van der Waals surface area contributed by atoms with Crippen molar-refractivity contribution in [2.24, 2.45) is 4.99 Å². The van der Waals surface area contributed by atoms with Gasteiger partial charge in [-0.1, -0.05) is 12.1 Å². The Hall–Kier alpha value is -3.58. The van der Waals surface area contributed by atoms with Crippen molar-refractivity contribution in [3.8, 4) is 11.5 Å². The van der Waals surface area contributed by atoms with Crippen molar-refractivity contribution in [2.75, 3.05) is 39.7 Å². The molecule has 2 aliphatic heterocycles. The number of fused-ring (bicyclic) bond motifs is 3. The molecule has 7 nitrogen and oxygen atoms in total. The lowest BCUT2D eigenvalue weighted by Gasteiger charge is -2.39. The fraction of sp³-hybridized carbons (Fsp3) is 0.308. The Labute approximate surface area is 193 Å². The Balaban J connectivity index is 1.50. The van der Waals surface area contributed by atoms with Gasteiger partial charge in [0.25, 0.3) is 5.91 Å². The van der Waals surface area contributed by atoms with Crippen molar-refractivity contribution >= 4 is 17.3 Å². The van der Waals surface area contributed by atoms with Gasteiger partial charge in [0.05, 0.1) is 32.2 Å². The minimum atomic E-state index is -0.279. The van der Waals surface area contributed by atoms with Crippen LogP contribution >= 0.6 is 0 Å². The number of furan rings is 1. The number of methoxy groups -OCH3 is 2. The Kier molecular flexibility index (Phi) is 5.64. The van der Waals surface area contributed by atoms with Gasteiger partial charge in [-0.05, 0) is 62.0 Å². The summed E-state index contributed by atoms with van der Waals surface area (Å²) in [6, 6.07) is 15.5. The molecule has 170 valence electrons. The second-order valence-corrected chi connectivity index (χ2v) is 8.51. The van der Waals surface area contributed by atoms with Crippen LogP contribution in [0, 0.1) is 0 Å². The molecule has 3 heterocycles. The highest BCUT2D eigenvalue weighted by atomic mass is 16.5. The Bertz CT molecular complexity index is 1190. The maximum absolute atomic E-state index is 12.3. The van der Waals surface area contributed by atoms with Crippen molar-refractivity contribution in [3.63, 3.8) is 0 Å². The maximum Gasteiger partial charge on any atom is 0.291 e.